The van der Waals surface area contributed by atoms with Crippen LogP contribution in [0.25, 0.3) is 0 Å². The highest BCUT2D eigenvalue weighted by Gasteiger charge is 2.21. The van der Waals surface area contributed by atoms with Crippen LogP contribution in [0.15, 0.2) is 6.33 Å². The van der Waals surface area contributed by atoms with E-state index in [1.165, 1.54) is 25.7 Å². The molecule has 5 heteroatoms. The standard InChI is InChI=1S/C14H24N4O/c1-4-11-6-5-8-18(9-7-11)14-12(19-3)13(15-2)16-10-17-14/h10-11H,4-9H2,1-3H3,(H,15,16,17). The summed E-state index contributed by atoms with van der Waals surface area (Å²) in [6, 6.07) is 0. The van der Waals surface area contributed by atoms with Gasteiger partial charge in [-0.2, -0.15) is 0 Å². The molecule has 1 aromatic rings. The van der Waals surface area contributed by atoms with Gasteiger partial charge < -0.3 is 15.0 Å². The number of methoxy groups -OCH3 is 1. The number of rotatable bonds is 4. The molecule has 1 aliphatic heterocycles. The van der Waals surface area contributed by atoms with Crippen molar-refractivity contribution >= 4 is 11.6 Å². The minimum atomic E-state index is 0.750. The lowest BCUT2D eigenvalue weighted by Crippen LogP contribution is -2.26. The van der Waals surface area contributed by atoms with Gasteiger partial charge in [0.2, 0.25) is 5.75 Å². The second kappa shape index (κ2) is 6.59. The van der Waals surface area contributed by atoms with Gasteiger partial charge in [0.05, 0.1) is 7.11 Å². The number of hydrogen-bond acceptors (Lipinski definition) is 5. The topological polar surface area (TPSA) is 50.3 Å². The zero-order valence-corrected chi connectivity index (χ0v) is 12.1. The minimum absolute atomic E-state index is 0.750. The average molecular weight is 264 g/mol. The molecular weight excluding hydrogens is 240 g/mol. The molecule has 19 heavy (non-hydrogen) atoms. The zero-order chi connectivity index (χ0) is 13.7. The lowest BCUT2D eigenvalue weighted by Gasteiger charge is -2.24. The summed E-state index contributed by atoms with van der Waals surface area (Å²) in [4.78, 5) is 11.0. The second-order valence-electron chi connectivity index (χ2n) is 5.02. The Morgan fingerprint density at radius 3 is 2.89 bits per heavy atom. The van der Waals surface area contributed by atoms with Crippen LogP contribution in [0, 0.1) is 5.92 Å². The van der Waals surface area contributed by atoms with Gasteiger partial charge in [0.25, 0.3) is 0 Å². The molecule has 5 nitrogen and oxygen atoms in total. The lowest BCUT2D eigenvalue weighted by atomic mass is 9.98. The van der Waals surface area contributed by atoms with Gasteiger partial charge in [-0.05, 0) is 25.2 Å². The lowest BCUT2D eigenvalue weighted by molar-refractivity contribution is 0.412. The Hall–Kier alpha value is -1.52. The number of aromatic nitrogens is 2. The molecule has 0 amide bonds. The molecule has 0 radical (unpaired) electrons. The van der Waals surface area contributed by atoms with Crippen LogP contribution in [-0.2, 0) is 0 Å². The van der Waals surface area contributed by atoms with Crippen LogP contribution >= 0.6 is 0 Å². The highest BCUT2D eigenvalue weighted by Crippen LogP contribution is 2.33. The van der Waals surface area contributed by atoms with E-state index in [-0.39, 0.29) is 0 Å². The first-order valence-electron chi connectivity index (χ1n) is 7.11. The van der Waals surface area contributed by atoms with Gasteiger partial charge in [-0.1, -0.05) is 13.3 Å². The molecule has 2 heterocycles. The molecule has 1 fully saturated rings. The molecular formula is C14H24N4O. The van der Waals surface area contributed by atoms with E-state index in [1.807, 2.05) is 7.05 Å². The molecule has 0 spiro atoms. The maximum atomic E-state index is 5.49. The minimum Gasteiger partial charge on any atom is -0.490 e. The van der Waals surface area contributed by atoms with Crippen LogP contribution in [0.4, 0.5) is 11.6 Å². The molecule has 1 aliphatic rings. The summed E-state index contributed by atoms with van der Waals surface area (Å²) in [5.41, 5.74) is 0. The Morgan fingerprint density at radius 1 is 1.37 bits per heavy atom. The fourth-order valence-electron chi connectivity index (χ4n) is 2.74. The third-order valence-electron chi connectivity index (χ3n) is 3.95. The van der Waals surface area contributed by atoms with Crippen molar-refractivity contribution in [1.29, 1.82) is 0 Å². The van der Waals surface area contributed by atoms with Crippen molar-refractivity contribution in [3.63, 3.8) is 0 Å². The van der Waals surface area contributed by atoms with Gasteiger partial charge in [-0.25, -0.2) is 9.97 Å². The molecule has 1 saturated heterocycles. The van der Waals surface area contributed by atoms with Crippen molar-refractivity contribution in [1.82, 2.24) is 9.97 Å². The quantitative estimate of drug-likeness (QED) is 0.905. The van der Waals surface area contributed by atoms with Gasteiger partial charge in [0.1, 0.15) is 6.33 Å². The molecule has 0 bridgehead atoms. The van der Waals surface area contributed by atoms with E-state index in [9.17, 15) is 0 Å². The van der Waals surface area contributed by atoms with Gasteiger partial charge in [0.15, 0.2) is 11.6 Å². The second-order valence-corrected chi connectivity index (χ2v) is 5.02. The molecule has 1 aromatic heterocycles. The van der Waals surface area contributed by atoms with Crippen LogP contribution < -0.4 is 15.0 Å². The molecule has 1 unspecified atom stereocenters. The van der Waals surface area contributed by atoms with Crippen LogP contribution in [0.2, 0.25) is 0 Å². The summed E-state index contributed by atoms with van der Waals surface area (Å²) in [6.45, 7) is 4.38. The van der Waals surface area contributed by atoms with Crippen molar-refractivity contribution in [3.05, 3.63) is 6.33 Å². The summed E-state index contributed by atoms with van der Waals surface area (Å²) in [5, 5.41) is 3.06. The fraction of sp³-hybridized carbons (Fsp3) is 0.714. The monoisotopic (exact) mass is 264 g/mol. The summed E-state index contributed by atoms with van der Waals surface area (Å²) in [5.74, 6) is 3.27. The third kappa shape index (κ3) is 3.08. The fourth-order valence-corrected chi connectivity index (χ4v) is 2.74. The Morgan fingerprint density at radius 2 is 2.21 bits per heavy atom. The Bertz CT molecular complexity index is 410. The van der Waals surface area contributed by atoms with Crippen molar-refractivity contribution in [2.24, 2.45) is 5.92 Å². The molecule has 0 saturated carbocycles. The molecule has 0 aliphatic carbocycles. The SMILES string of the molecule is CCC1CCCN(c2ncnc(NC)c2OC)CC1. The molecule has 1 atom stereocenters. The van der Waals surface area contributed by atoms with Gasteiger partial charge in [-0.3, -0.25) is 0 Å². The van der Waals surface area contributed by atoms with Crippen LogP contribution in [0.5, 0.6) is 5.75 Å². The van der Waals surface area contributed by atoms with Crippen molar-refractivity contribution in [3.8, 4) is 5.75 Å². The predicted molar refractivity (Wildman–Crippen MR) is 78.0 cm³/mol. The van der Waals surface area contributed by atoms with Crippen molar-refractivity contribution in [2.75, 3.05) is 37.5 Å². The maximum Gasteiger partial charge on any atom is 0.204 e. The molecule has 1 N–H and O–H groups in total. The highest BCUT2D eigenvalue weighted by atomic mass is 16.5. The normalized spacial score (nSPS) is 19.9. The molecule has 0 aromatic carbocycles. The van der Waals surface area contributed by atoms with E-state index in [0.717, 1.165) is 36.4 Å². The van der Waals surface area contributed by atoms with E-state index < -0.39 is 0 Å². The van der Waals surface area contributed by atoms with E-state index >= 15 is 0 Å². The smallest absolute Gasteiger partial charge is 0.204 e. The van der Waals surface area contributed by atoms with Gasteiger partial charge in [0, 0.05) is 20.1 Å². The summed E-state index contributed by atoms with van der Waals surface area (Å²) in [6.07, 6.45) is 6.65. The third-order valence-corrected chi connectivity index (χ3v) is 3.95. The molecule has 106 valence electrons. The van der Waals surface area contributed by atoms with Gasteiger partial charge >= 0.3 is 0 Å². The first-order chi connectivity index (χ1) is 9.30. The van der Waals surface area contributed by atoms with Crippen molar-refractivity contribution < 1.29 is 4.74 Å². The number of ether oxygens (including phenoxy) is 1. The van der Waals surface area contributed by atoms with Crippen molar-refractivity contribution in [2.45, 2.75) is 32.6 Å². The van der Waals surface area contributed by atoms with E-state index in [4.69, 9.17) is 4.74 Å². The summed E-state index contributed by atoms with van der Waals surface area (Å²) < 4.78 is 5.49. The summed E-state index contributed by atoms with van der Waals surface area (Å²) >= 11 is 0. The van der Waals surface area contributed by atoms with Crippen LogP contribution in [-0.4, -0.2) is 37.2 Å². The number of anilines is 2. The predicted octanol–water partition coefficient (Wildman–Crippen LogP) is 2.54. The van der Waals surface area contributed by atoms with Crippen LogP contribution in [0.1, 0.15) is 32.6 Å². The maximum absolute atomic E-state index is 5.49. The highest BCUT2D eigenvalue weighted by molar-refractivity contribution is 5.64. The largest absolute Gasteiger partial charge is 0.490 e. The van der Waals surface area contributed by atoms with Gasteiger partial charge in [-0.15, -0.1) is 0 Å². The van der Waals surface area contributed by atoms with Crippen LogP contribution in [0.3, 0.4) is 0 Å². The number of nitrogens with zero attached hydrogens (tertiary/aromatic N) is 3. The first kappa shape index (κ1) is 13.9. The zero-order valence-electron chi connectivity index (χ0n) is 12.1. The average Bonchev–Trinajstić information content (AvgIpc) is 2.71. The Balaban J connectivity index is 2.21. The summed E-state index contributed by atoms with van der Waals surface area (Å²) in [7, 11) is 3.53. The molecule has 2 rings (SSSR count). The van der Waals surface area contributed by atoms with E-state index in [2.05, 4.69) is 27.1 Å². The van der Waals surface area contributed by atoms with E-state index in [1.54, 1.807) is 13.4 Å². The first-order valence-corrected chi connectivity index (χ1v) is 7.11. The number of nitrogens with one attached hydrogen (secondary N) is 1. The van der Waals surface area contributed by atoms with E-state index in [0.29, 0.717) is 0 Å². The number of hydrogen-bond donors (Lipinski definition) is 1. The Labute approximate surface area is 115 Å². The Kier molecular flexibility index (Phi) is 4.82.